The zero-order chi connectivity index (χ0) is 18.8. The van der Waals surface area contributed by atoms with Crippen LogP contribution in [-0.2, 0) is 6.18 Å². The Bertz CT molecular complexity index is 825. The lowest BCUT2D eigenvalue weighted by atomic mass is 10.1. The number of rotatable bonds is 4. The number of amides is 1. The number of nitrogen functional groups attached to an aromatic ring is 1. The molecule has 0 fully saturated rings. The minimum absolute atomic E-state index is 0.148. The molecule has 0 aliphatic carbocycles. The van der Waals surface area contributed by atoms with E-state index in [0.717, 1.165) is 12.1 Å². The molecule has 0 atom stereocenters. The summed E-state index contributed by atoms with van der Waals surface area (Å²) in [4.78, 5) is 30.4. The number of alkyl halides is 3. The van der Waals surface area contributed by atoms with Crippen LogP contribution in [0.5, 0.6) is 0 Å². The van der Waals surface area contributed by atoms with Crippen LogP contribution in [-0.4, -0.2) is 28.2 Å². The summed E-state index contributed by atoms with van der Waals surface area (Å²) < 4.78 is 50.1. The van der Waals surface area contributed by atoms with Gasteiger partial charge in [0.2, 0.25) is 0 Å². The van der Waals surface area contributed by atoms with Crippen molar-refractivity contribution in [2.75, 3.05) is 12.3 Å². The van der Waals surface area contributed by atoms with Crippen molar-refractivity contribution in [1.29, 1.82) is 0 Å². The number of benzene rings is 1. The van der Waals surface area contributed by atoms with Crippen LogP contribution in [0.15, 0.2) is 28.9 Å². The molecular weight excluding hydrogens is 412 g/mol. The average Bonchev–Trinajstić information content (AvgIpc) is 2.53. The molecule has 0 aliphatic rings. The highest BCUT2D eigenvalue weighted by molar-refractivity contribution is 9.10. The molecule has 132 valence electrons. The maximum atomic E-state index is 12.8. The number of nitrogens with two attached hydrogens (primary N) is 1. The normalized spacial score (nSPS) is 11.2. The molecule has 2 aromatic rings. The Morgan fingerprint density at radius 3 is 2.32 bits per heavy atom. The molecular formula is C14H9BrF4N4O2. The summed E-state index contributed by atoms with van der Waals surface area (Å²) in [5, 5.41) is 2.17. The van der Waals surface area contributed by atoms with E-state index in [4.69, 9.17) is 5.73 Å². The fraction of sp³-hybridized carbons (Fsp3) is 0.143. The predicted octanol–water partition coefficient (Wildman–Crippen LogP) is 2.59. The van der Waals surface area contributed by atoms with Gasteiger partial charge in [0.25, 0.3) is 5.91 Å². The van der Waals surface area contributed by atoms with Gasteiger partial charge in [-0.25, -0.2) is 14.4 Å². The molecule has 1 aromatic heterocycles. The van der Waals surface area contributed by atoms with Crippen molar-refractivity contribution in [3.63, 3.8) is 0 Å². The van der Waals surface area contributed by atoms with Gasteiger partial charge < -0.3 is 11.1 Å². The van der Waals surface area contributed by atoms with Gasteiger partial charge in [0.15, 0.2) is 23.0 Å². The first-order valence-corrected chi connectivity index (χ1v) is 7.36. The van der Waals surface area contributed by atoms with Gasteiger partial charge in [-0.15, -0.1) is 0 Å². The molecule has 1 amide bonds. The number of nitrogens with one attached hydrogen (secondary N) is 1. The molecule has 0 aliphatic heterocycles. The standard InChI is InChI=1S/C14H9BrF4N4O2/c15-11-10(14(17,18)19)23-12(20)9(22-11)13(25)21-5-8(24)6-1-3-7(16)4-2-6/h1-4H,5H2,(H2,20,23)(H,21,25). The van der Waals surface area contributed by atoms with Crippen LogP contribution in [0.1, 0.15) is 26.5 Å². The van der Waals surface area contributed by atoms with Gasteiger partial charge >= 0.3 is 6.18 Å². The van der Waals surface area contributed by atoms with E-state index in [1.54, 1.807) is 0 Å². The third-order valence-corrected chi connectivity index (χ3v) is 3.49. The monoisotopic (exact) mass is 420 g/mol. The van der Waals surface area contributed by atoms with Gasteiger partial charge in [0.1, 0.15) is 10.4 Å². The fourth-order valence-corrected chi connectivity index (χ4v) is 2.25. The molecule has 0 bridgehead atoms. The summed E-state index contributed by atoms with van der Waals surface area (Å²) in [5.41, 5.74) is 3.55. The Morgan fingerprint density at radius 2 is 1.76 bits per heavy atom. The second-order valence-corrected chi connectivity index (χ2v) is 5.46. The Morgan fingerprint density at radius 1 is 1.16 bits per heavy atom. The van der Waals surface area contributed by atoms with Crippen molar-refractivity contribution in [2.24, 2.45) is 0 Å². The smallest absolute Gasteiger partial charge is 0.382 e. The van der Waals surface area contributed by atoms with E-state index in [0.29, 0.717) is 0 Å². The Kier molecular flexibility index (Phi) is 5.36. The molecule has 11 heteroatoms. The van der Waals surface area contributed by atoms with Gasteiger partial charge in [-0.05, 0) is 40.2 Å². The van der Waals surface area contributed by atoms with E-state index in [1.807, 2.05) is 0 Å². The van der Waals surface area contributed by atoms with Crippen molar-refractivity contribution < 1.29 is 27.2 Å². The minimum atomic E-state index is -4.80. The number of aromatic nitrogens is 2. The molecule has 2 rings (SSSR count). The first-order chi connectivity index (χ1) is 11.6. The van der Waals surface area contributed by atoms with Crippen LogP contribution in [0.25, 0.3) is 0 Å². The molecule has 1 aromatic carbocycles. The number of anilines is 1. The molecule has 6 nitrogen and oxygen atoms in total. The first kappa shape index (κ1) is 18.8. The molecule has 0 saturated carbocycles. The van der Waals surface area contributed by atoms with Crippen LogP contribution in [0.3, 0.4) is 0 Å². The molecule has 25 heavy (non-hydrogen) atoms. The Labute approximate surface area is 146 Å². The molecule has 0 saturated heterocycles. The Balaban J connectivity index is 2.12. The third-order valence-electron chi connectivity index (χ3n) is 2.94. The van der Waals surface area contributed by atoms with Crippen LogP contribution in [0.4, 0.5) is 23.4 Å². The van der Waals surface area contributed by atoms with Crippen LogP contribution < -0.4 is 11.1 Å². The zero-order valence-corrected chi connectivity index (χ0v) is 13.8. The van der Waals surface area contributed by atoms with Crippen LogP contribution in [0.2, 0.25) is 0 Å². The second kappa shape index (κ2) is 7.13. The predicted molar refractivity (Wildman–Crippen MR) is 82.2 cm³/mol. The van der Waals surface area contributed by atoms with E-state index >= 15 is 0 Å². The van der Waals surface area contributed by atoms with E-state index < -0.39 is 52.0 Å². The van der Waals surface area contributed by atoms with Crippen LogP contribution in [0, 0.1) is 5.82 Å². The largest absolute Gasteiger partial charge is 0.436 e. The van der Waals surface area contributed by atoms with E-state index in [1.165, 1.54) is 12.1 Å². The number of carbonyl (C=O) groups is 2. The molecule has 0 unspecified atom stereocenters. The number of ketones is 1. The maximum Gasteiger partial charge on any atom is 0.436 e. The highest BCUT2D eigenvalue weighted by Gasteiger charge is 2.37. The lowest BCUT2D eigenvalue weighted by Gasteiger charge is -2.11. The van der Waals surface area contributed by atoms with E-state index in [-0.39, 0.29) is 5.56 Å². The topological polar surface area (TPSA) is 98.0 Å². The van der Waals surface area contributed by atoms with Gasteiger partial charge in [-0.1, -0.05) is 0 Å². The van der Waals surface area contributed by atoms with Crippen molar-refractivity contribution >= 4 is 33.4 Å². The Hall–Kier alpha value is -2.56. The average molecular weight is 421 g/mol. The number of halogens is 5. The third kappa shape index (κ3) is 4.50. The number of hydrogen-bond acceptors (Lipinski definition) is 5. The lowest BCUT2D eigenvalue weighted by molar-refractivity contribution is -0.142. The number of hydrogen-bond donors (Lipinski definition) is 2. The molecule has 3 N–H and O–H groups in total. The molecule has 0 radical (unpaired) electrons. The summed E-state index contributed by atoms with van der Waals surface area (Å²) >= 11 is 2.58. The van der Waals surface area contributed by atoms with Gasteiger partial charge in [-0.3, -0.25) is 9.59 Å². The second-order valence-electron chi connectivity index (χ2n) is 4.71. The van der Waals surface area contributed by atoms with Gasteiger partial charge in [-0.2, -0.15) is 13.2 Å². The molecule has 0 spiro atoms. The lowest BCUT2D eigenvalue weighted by Crippen LogP contribution is -2.31. The SMILES string of the molecule is Nc1nc(C(F)(F)F)c(Br)nc1C(=O)NCC(=O)c1ccc(F)cc1. The highest BCUT2D eigenvalue weighted by Crippen LogP contribution is 2.33. The number of Topliss-reactive ketones (excluding diaryl/α,β-unsaturated/α-hetero) is 1. The maximum absolute atomic E-state index is 12.8. The summed E-state index contributed by atoms with van der Waals surface area (Å²) in [6.45, 7) is -0.482. The summed E-state index contributed by atoms with van der Waals surface area (Å²) in [6.07, 6.45) is -4.80. The van der Waals surface area contributed by atoms with Crippen molar-refractivity contribution in [1.82, 2.24) is 15.3 Å². The van der Waals surface area contributed by atoms with E-state index in [2.05, 4.69) is 31.2 Å². The summed E-state index contributed by atoms with van der Waals surface area (Å²) in [5.74, 6) is -2.78. The van der Waals surface area contributed by atoms with Gasteiger partial charge in [0.05, 0.1) is 6.54 Å². The summed E-state index contributed by atoms with van der Waals surface area (Å²) in [7, 11) is 0. The number of nitrogens with zero attached hydrogens (tertiary/aromatic N) is 2. The van der Waals surface area contributed by atoms with E-state index in [9.17, 15) is 27.2 Å². The summed E-state index contributed by atoms with van der Waals surface area (Å²) in [6, 6.07) is 4.61. The van der Waals surface area contributed by atoms with Gasteiger partial charge in [0, 0.05) is 5.56 Å². The highest BCUT2D eigenvalue weighted by atomic mass is 79.9. The van der Waals surface area contributed by atoms with Crippen molar-refractivity contribution in [3.8, 4) is 0 Å². The minimum Gasteiger partial charge on any atom is -0.382 e. The van der Waals surface area contributed by atoms with Crippen LogP contribution >= 0.6 is 15.9 Å². The number of carbonyl (C=O) groups excluding carboxylic acids is 2. The first-order valence-electron chi connectivity index (χ1n) is 6.56. The van der Waals surface area contributed by atoms with Crippen molar-refractivity contribution in [3.05, 3.63) is 51.6 Å². The fourth-order valence-electron chi connectivity index (χ4n) is 1.76. The van der Waals surface area contributed by atoms with Crippen molar-refractivity contribution in [2.45, 2.75) is 6.18 Å². The molecule has 1 heterocycles. The zero-order valence-electron chi connectivity index (χ0n) is 12.2. The quantitative estimate of drug-likeness (QED) is 0.585.